The SMILES string of the molecule is CCCCOc1ccc(C(C)(O)CC(F)(C(F)(F)F)C(F)(F)F)cc1. The minimum atomic E-state index is -6.21. The summed E-state index contributed by atoms with van der Waals surface area (Å²) in [5, 5.41) is 10.1. The molecular formula is C16H19F7O2. The van der Waals surface area contributed by atoms with Gasteiger partial charge in [0.05, 0.1) is 12.2 Å². The number of hydrogen-bond donors (Lipinski definition) is 1. The van der Waals surface area contributed by atoms with Crippen LogP contribution in [0, 0.1) is 0 Å². The molecule has 25 heavy (non-hydrogen) atoms. The molecular weight excluding hydrogens is 357 g/mol. The first kappa shape index (κ1) is 21.5. The van der Waals surface area contributed by atoms with Gasteiger partial charge in [0.25, 0.3) is 0 Å². The summed E-state index contributed by atoms with van der Waals surface area (Å²) in [7, 11) is 0. The van der Waals surface area contributed by atoms with Gasteiger partial charge in [-0.05, 0) is 31.0 Å². The largest absolute Gasteiger partial charge is 0.494 e. The maximum atomic E-state index is 13.8. The Kier molecular flexibility index (Phi) is 6.36. The number of aliphatic hydroxyl groups is 1. The molecule has 0 bridgehead atoms. The number of benzene rings is 1. The highest BCUT2D eigenvalue weighted by molar-refractivity contribution is 5.31. The number of halogens is 7. The Labute approximate surface area is 140 Å². The lowest BCUT2D eigenvalue weighted by Crippen LogP contribution is -2.56. The molecule has 1 aromatic carbocycles. The number of rotatable bonds is 7. The van der Waals surface area contributed by atoms with Gasteiger partial charge in [-0.2, -0.15) is 26.3 Å². The summed E-state index contributed by atoms with van der Waals surface area (Å²) < 4.78 is 95.1. The second kappa shape index (κ2) is 7.39. The summed E-state index contributed by atoms with van der Waals surface area (Å²) in [5.74, 6) is 0.339. The molecule has 0 aromatic heterocycles. The van der Waals surface area contributed by atoms with E-state index in [4.69, 9.17) is 4.74 Å². The zero-order chi connectivity index (χ0) is 19.5. The van der Waals surface area contributed by atoms with Crippen LogP contribution < -0.4 is 4.74 Å². The summed E-state index contributed by atoms with van der Waals surface area (Å²) in [6, 6.07) is 4.80. The summed E-state index contributed by atoms with van der Waals surface area (Å²) in [5.41, 5.74) is -8.51. The molecule has 1 atom stereocenters. The van der Waals surface area contributed by atoms with Gasteiger partial charge >= 0.3 is 18.0 Å². The summed E-state index contributed by atoms with van der Waals surface area (Å²) in [4.78, 5) is 0. The van der Waals surface area contributed by atoms with E-state index >= 15 is 0 Å². The zero-order valence-corrected chi connectivity index (χ0v) is 13.6. The van der Waals surface area contributed by atoms with Gasteiger partial charge in [0.15, 0.2) is 0 Å². The van der Waals surface area contributed by atoms with Gasteiger partial charge in [-0.3, -0.25) is 0 Å². The van der Waals surface area contributed by atoms with Gasteiger partial charge < -0.3 is 9.84 Å². The van der Waals surface area contributed by atoms with Crippen molar-refractivity contribution in [2.75, 3.05) is 6.61 Å². The van der Waals surface area contributed by atoms with Gasteiger partial charge in [-0.15, -0.1) is 0 Å². The number of unbranched alkanes of at least 4 members (excludes halogenated alkanes) is 1. The van der Waals surface area contributed by atoms with Gasteiger partial charge in [-0.25, -0.2) is 4.39 Å². The van der Waals surface area contributed by atoms with Crippen molar-refractivity contribution in [2.24, 2.45) is 0 Å². The van der Waals surface area contributed by atoms with Crippen LogP contribution in [0.4, 0.5) is 30.7 Å². The van der Waals surface area contributed by atoms with Crippen molar-refractivity contribution in [1.82, 2.24) is 0 Å². The fourth-order valence-electron chi connectivity index (χ4n) is 2.18. The van der Waals surface area contributed by atoms with Crippen molar-refractivity contribution in [3.05, 3.63) is 29.8 Å². The molecule has 0 amide bonds. The monoisotopic (exact) mass is 376 g/mol. The quantitative estimate of drug-likeness (QED) is 0.517. The van der Waals surface area contributed by atoms with Crippen LogP contribution in [0.1, 0.15) is 38.7 Å². The first-order valence-corrected chi connectivity index (χ1v) is 7.52. The van der Waals surface area contributed by atoms with Crippen molar-refractivity contribution in [3.8, 4) is 5.75 Å². The van der Waals surface area contributed by atoms with Crippen molar-refractivity contribution in [3.63, 3.8) is 0 Å². The molecule has 0 spiro atoms. The molecule has 2 nitrogen and oxygen atoms in total. The summed E-state index contributed by atoms with van der Waals surface area (Å²) in [6.45, 7) is 3.03. The summed E-state index contributed by atoms with van der Waals surface area (Å²) >= 11 is 0. The fourth-order valence-corrected chi connectivity index (χ4v) is 2.18. The second-order valence-electron chi connectivity index (χ2n) is 5.97. The van der Waals surface area contributed by atoms with E-state index in [1.165, 1.54) is 12.1 Å². The van der Waals surface area contributed by atoms with E-state index in [0.717, 1.165) is 25.0 Å². The Balaban J connectivity index is 3.03. The maximum Gasteiger partial charge on any atom is 0.431 e. The van der Waals surface area contributed by atoms with Crippen LogP contribution in [0.2, 0.25) is 0 Å². The van der Waals surface area contributed by atoms with Crippen LogP contribution in [-0.4, -0.2) is 29.7 Å². The molecule has 1 rings (SSSR count). The third-order valence-corrected chi connectivity index (χ3v) is 3.73. The molecule has 0 fully saturated rings. The van der Waals surface area contributed by atoms with E-state index in [2.05, 4.69) is 0 Å². The Morgan fingerprint density at radius 3 is 1.80 bits per heavy atom. The smallest absolute Gasteiger partial charge is 0.431 e. The Hall–Kier alpha value is -1.51. The average Bonchev–Trinajstić information content (AvgIpc) is 2.45. The van der Waals surface area contributed by atoms with Crippen molar-refractivity contribution in [1.29, 1.82) is 0 Å². The van der Waals surface area contributed by atoms with Gasteiger partial charge in [0.2, 0.25) is 0 Å². The molecule has 9 heteroatoms. The maximum absolute atomic E-state index is 13.8. The fraction of sp³-hybridized carbons (Fsp3) is 0.625. The van der Waals surface area contributed by atoms with Crippen LogP contribution in [0.25, 0.3) is 0 Å². The van der Waals surface area contributed by atoms with Gasteiger partial charge in [0.1, 0.15) is 5.75 Å². The van der Waals surface area contributed by atoms with Crippen LogP contribution in [-0.2, 0) is 5.60 Å². The Morgan fingerprint density at radius 2 is 1.40 bits per heavy atom. The molecule has 1 unspecified atom stereocenters. The highest BCUT2D eigenvalue weighted by Gasteiger charge is 2.73. The molecule has 0 heterocycles. The lowest BCUT2D eigenvalue weighted by atomic mass is 9.83. The molecule has 0 saturated carbocycles. The molecule has 0 radical (unpaired) electrons. The Morgan fingerprint density at radius 1 is 0.920 bits per heavy atom. The number of alkyl halides is 7. The molecule has 0 aliphatic rings. The van der Waals surface area contributed by atoms with E-state index in [1.54, 1.807) is 0 Å². The van der Waals surface area contributed by atoms with Gasteiger partial charge in [0, 0.05) is 6.42 Å². The lowest BCUT2D eigenvalue weighted by molar-refractivity contribution is -0.352. The van der Waals surface area contributed by atoms with Crippen LogP contribution >= 0.6 is 0 Å². The van der Waals surface area contributed by atoms with Crippen LogP contribution in [0.15, 0.2) is 24.3 Å². The highest BCUT2D eigenvalue weighted by atomic mass is 19.4. The topological polar surface area (TPSA) is 29.5 Å². The van der Waals surface area contributed by atoms with E-state index in [-0.39, 0.29) is 5.56 Å². The minimum absolute atomic E-state index is 0.286. The first-order chi connectivity index (χ1) is 11.2. The standard InChI is InChI=1S/C16H19F7O2/c1-3-4-9-25-12-7-5-11(6-8-12)13(2,24)10-14(17,15(18,19)20)16(21,22)23/h5-8,24H,3-4,9-10H2,1-2H3. The molecule has 1 aromatic rings. The highest BCUT2D eigenvalue weighted by Crippen LogP contribution is 2.51. The van der Waals surface area contributed by atoms with E-state index in [9.17, 15) is 35.8 Å². The summed E-state index contributed by atoms with van der Waals surface area (Å²) in [6.07, 6.45) is -13.0. The third kappa shape index (κ3) is 4.99. The van der Waals surface area contributed by atoms with E-state index in [1.807, 2.05) is 6.92 Å². The molecule has 0 aliphatic heterocycles. The minimum Gasteiger partial charge on any atom is -0.494 e. The lowest BCUT2D eigenvalue weighted by Gasteiger charge is -2.36. The third-order valence-electron chi connectivity index (χ3n) is 3.73. The predicted molar refractivity (Wildman–Crippen MR) is 77.0 cm³/mol. The van der Waals surface area contributed by atoms with E-state index < -0.39 is 30.0 Å². The van der Waals surface area contributed by atoms with Gasteiger partial charge in [-0.1, -0.05) is 25.5 Å². The van der Waals surface area contributed by atoms with Crippen molar-refractivity contribution >= 4 is 0 Å². The predicted octanol–water partition coefficient (Wildman–Crippen LogP) is 5.30. The Bertz CT molecular complexity index is 533. The van der Waals surface area contributed by atoms with Crippen LogP contribution in [0.5, 0.6) is 5.75 Å². The van der Waals surface area contributed by atoms with Crippen molar-refractivity contribution < 1.29 is 40.6 Å². The van der Waals surface area contributed by atoms with E-state index in [0.29, 0.717) is 19.3 Å². The van der Waals surface area contributed by atoms with Crippen LogP contribution in [0.3, 0.4) is 0 Å². The second-order valence-corrected chi connectivity index (χ2v) is 5.97. The van der Waals surface area contributed by atoms with Crippen molar-refractivity contribution in [2.45, 2.75) is 56.7 Å². The zero-order valence-electron chi connectivity index (χ0n) is 13.6. The first-order valence-electron chi connectivity index (χ1n) is 7.52. The average molecular weight is 376 g/mol. The normalized spacial score (nSPS) is 15.8. The molecule has 1 N–H and O–H groups in total. The number of hydrogen-bond acceptors (Lipinski definition) is 2. The molecule has 144 valence electrons. The number of ether oxygens (including phenoxy) is 1. The molecule has 0 saturated heterocycles. The molecule has 0 aliphatic carbocycles.